The molecule has 1 aromatic carbocycles. The Hall–Kier alpha value is -1.79. The van der Waals surface area contributed by atoms with Crippen LogP contribution in [0, 0.1) is 0 Å². The van der Waals surface area contributed by atoms with E-state index in [-0.39, 0.29) is 17.9 Å². The van der Waals surface area contributed by atoms with Gasteiger partial charge in [-0.1, -0.05) is 24.3 Å². The first-order chi connectivity index (χ1) is 11.6. The molecule has 2 aromatic rings. The van der Waals surface area contributed by atoms with Crippen molar-refractivity contribution in [3.8, 4) is 0 Å². The minimum absolute atomic E-state index is 0.00565. The average molecular weight is 358 g/mol. The molecule has 1 unspecified atom stereocenters. The summed E-state index contributed by atoms with van der Waals surface area (Å²) in [5.74, 6) is 0.721. The SMILES string of the molecule is CC(C)N1C(=O)C2(SCCN2C(=O)c2cccs2)c2ccccc21. The van der Waals surface area contributed by atoms with E-state index in [0.717, 1.165) is 17.0 Å². The number of fused-ring (bicyclic) bond motifs is 2. The maximum atomic E-state index is 13.4. The first kappa shape index (κ1) is 15.7. The van der Waals surface area contributed by atoms with Gasteiger partial charge in [0.05, 0.1) is 10.6 Å². The Morgan fingerprint density at radius 1 is 1.21 bits per heavy atom. The van der Waals surface area contributed by atoms with Gasteiger partial charge in [-0.05, 0) is 31.4 Å². The highest BCUT2D eigenvalue weighted by Gasteiger charge is 2.59. The molecule has 1 saturated heterocycles. The smallest absolute Gasteiger partial charge is 0.268 e. The predicted octanol–water partition coefficient (Wildman–Crippen LogP) is 3.55. The number of hydrogen-bond donors (Lipinski definition) is 0. The van der Waals surface area contributed by atoms with E-state index in [9.17, 15) is 9.59 Å². The summed E-state index contributed by atoms with van der Waals surface area (Å²) in [4.78, 5) is 29.9. The number of anilines is 1. The number of thiophene rings is 1. The maximum absolute atomic E-state index is 13.4. The summed E-state index contributed by atoms with van der Waals surface area (Å²) in [5.41, 5.74) is 1.87. The standard InChI is InChI=1S/C18H18N2O2S2/c1-12(2)20-14-7-4-3-6-13(14)18(17(20)22)19(9-11-24-18)16(21)15-8-5-10-23-15/h3-8,10,12H,9,11H2,1-2H3. The average Bonchev–Trinajstić information content (AvgIpc) is 3.28. The van der Waals surface area contributed by atoms with Crippen LogP contribution in [0.4, 0.5) is 5.69 Å². The quantitative estimate of drug-likeness (QED) is 0.824. The molecule has 6 heteroatoms. The zero-order valence-electron chi connectivity index (χ0n) is 13.6. The van der Waals surface area contributed by atoms with Crippen molar-refractivity contribution in [2.75, 3.05) is 17.2 Å². The van der Waals surface area contributed by atoms with E-state index in [1.807, 2.05) is 60.5 Å². The molecule has 24 heavy (non-hydrogen) atoms. The van der Waals surface area contributed by atoms with Crippen LogP contribution in [0.1, 0.15) is 29.1 Å². The molecule has 4 rings (SSSR count). The molecular weight excluding hydrogens is 340 g/mol. The van der Waals surface area contributed by atoms with E-state index in [4.69, 9.17) is 0 Å². The van der Waals surface area contributed by atoms with Crippen molar-refractivity contribution >= 4 is 40.6 Å². The summed E-state index contributed by atoms with van der Waals surface area (Å²) < 4.78 is 0. The number of benzene rings is 1. The molecule has 0 aliphatic carbocycles. The molecule has 3 heterocycles. The summed E-state index contributed by atoms with van der Waals surface area (Å²) in [6, 6.07) is 11.6. The van der Waals surface area contributed by atoms with E-state index in [0.29, 0.717) is 11.4 Å². The Balaban J connectivity index is 1.86. The number of para-hydroxylation sites is 1. The second-order valence-corrected chi connectivity index (χ2v) is 8.45. The molecule has 2 amide bonds. The van der Waals surface area contributed by atoms with Gasteiger partial charge in [-0.25, -0.2) is 0 Å². The van der Waals surface area contributed by atoms with Crippen molar-refractivity contribution in [3.63, 3.8) is 0 Å². The molecule has 0 saturated carbocycles. The van der Waals surface area contributed by atoms with Crippen molar-refractivity contribution in [2.24, 2.45) is 0 Å². The van der Waals surface area contributed by atoms with Gasteiger partial charge in [-0.3, -0.25) is 9.59 Å². The first-order valence-electron chi connectivity index (χ1n) is 8.00. The third-order valence-electron chi connectivity index (χ3n) is 4.54. The van der Waals surface area contributed by atoms with E-state index < -0.39 is 4.87 Å². The highest BCUT2D eigenvalue weighted by atomic mass is 32.2. The highest BCUT2D eigenvalue weighted by Crippen LogP contribution is 2.54. The van der Waals surface area contributed by atoms with Gasteiger partial charge < -0.3 is 9.80 Å². The zero-order chi connectivity index (χ0) is 16.9. The molecule has 1 spiro atoms. The van der Waals surface area contributed by atoms with E-state index in [1.165, 1.54) is 11.3 Å². The van der Waals surface area contributed by atoms with Crippen molar-refractivity contribution in [1.82, 2.24) is 4.90 Å². The van der Waals surface area contributed by atoms with Gasteiger partial charge in [-0.15, -0.1) is 23.1 Å². The van der Waals surface area contributed by atoms with Crippen molar-refractivity contribution in [3.05, 3.63) is 52.2 Å². The van der Waals surface area contributed by atoms with Gasteiger partial charge in [0.25, 0.3) is 11.8 Å². The maximum Gasteiger partial charge on any atom is 0.268 e. The minimum atomic E-state index is -0.915. The lowest BCUT2D eigenvalue weighted by molar-refractivity contribution is -0.123. The van der Waals surface area contributed by atoms with Gasteiger partial charge in [0.2, 0.25) is 0 Å². The van der Waals surface area contributed by atoms with Crippen molar-refractivity contribution < 1.29 is 9.59 Å². The van der Waals surface area contributed by atoms with Crippen LogP contribution in [0.15, 0.2) is 41.8 Å². The van der Waals surface area contributed by atoms with Crippen LogP contribution in [0.25, 0.3) is 0 Å². The fourth-order valence-electron chi connectivity index (χ4n) is 3.57. The molecule has 0 bridgehead atoms. The zero-order valence-corrected chi connectivity index (χ0v) is 15.2. The molecule has 1 aromatic heterocycles. The lowest BCUT2D eigenvalue weighted by atomic mass is 10.1. The molecule has 1 atom stereocenters. The number of rotatable bonds is 2. The molecule has 2 aliphatic heterocycles. The third kappa shape index (κ3) is 1.99. The summed E-state index contributed by atoms with van der Waals surface area (Å²) in [6.07, 6.45) is 0. The molecule has 4 nitrogen and oxygen atoms in total. The molecule has 0 N–H and O–H groups in total. The van der Waals surface area contributed by atoms with Crippen molar-refractivity contribution in [1.29, 1.82) is 0 Å². The van der Waals surface area contributed by atoms with Crippen LogP contribution < -0.4 is 4.90 Å². The number of carbonyl (C=O) groups is 2. The van der Waals surface area contributed by atoms with E-state index in [1.54, 1.807) is 16.7 Å². The van der Waals surface area contributed by atoms with Gasteiger partial charge in [0.1, 0.15) is 0 Å². The fraction of sp³-hybridized carbons (Fsp3) is 0.333. The lowest BCUT2D eigenvalue weighted by Crippen LogP contribution is -2.51. The molecule has 1 fully saturated rings. The molecule has 2 aliphatic rings. The first-order valence-corrected chi connectivity index (χ1v) is 9.86. The highest BCUT2D eigenvalue weighted by molar-refractivity contribution is 8.01. The number of amides is 2. The summed E-state index contributed by atoms with van der Waals surface area (Å²) in [7, 11) is 0. The van der Waals surface area contributed by atoms with Crippen LogP contribution in [-0.2, 0) is 9.67 Å². The Morgan fingerprint density at radius 2 is 2.00 bits per heavy atom. The topological polar surface area (TPSA) is 40.6 Å². The number of thioether (sulfide) groups is 1. The molecular formula is C18H18N2O2S2. The van der Waals surface area contributed by atoms with Gasteiger partial charge in [0.15, 0.2) is 4.87 Å². The Bertz CT molecular complexity index is 803. The van der Waals surface area contributed by atoms with Gasteiger partial charge in [0, 0.05) is 23.9 Å². The van der Waals surface area contributed by atoms with Crippen LogP contribution in [0.3, 0.4) is 0 Å². The van der Waals surface area contributed by atoms with Gasteiger partial charge >= 0.3 is 0 Å². The Kier molecular flexibility index (Phi) is 3.69. The van der Waals surface area contributed by atoms with Gasteiger partial charge in [-0.2, -0.15) is 0 Å². The second-order valence-electron chi connectivity index (χ2n) is 6.21. The Morgan fingerprint density at radius 3 is 2.71 bits per heavy atom. The summed E-state index contributed by atoms with van der Waals surface area (Å²) in [6.45, 7) is 4.62. The van der Waals surface area contributed by atoms with Crippen LogP contribution in [0.5, 0.6) is 0 Å². The van der Waals surface area contributed by atoms with E-state index >= 15 is 0 Å². The fourth-order valence-corrected chi connectivity index (χ4v) is 5.69. The molecule has 0 radical (unpaired) electrons. The summed E-state index contributed by atoms with van der Waals surface area (Å²) in [5, 5.41) is 1.90. The minimum Gasteiger partial charge on any atom is -0.310 e. The number of carbonyl (C=O) groups excluding carboxylic acids is 2. The van der Waals surface area contributed by atoms with Crippen LogP contribution in [-0.4, -0.2) is 35.1 Å². The lowest BCUT2D eigenvalue weighted by Gasteiger charge is -2.33. The molecule has 124 valence electrons. The number of hydrogen-bond acceptors (Lipinski definition) is 4. The second kappa shape index (κ2) is 5.63. The van der Waals surface area contributed by atoms with E-state index in [2.05, 4.69) is 0 Å². The normalized spacial score (nSPS) is 22.7. The number of nitrogens with zero attached hydrogens (tertiary/aromatic N) is 2. The Labute approximate surface area is 149 Å². The largest absolute Gasteiger partial charge is 0.310 e. The summed E-state index contributed by atoms with van der Waals surface area (Å²) >= 11 is 3.00. The van der Waals surface area contributed by atoms with Crippen molar-refractivity contribution in [2.45, 2.75) is 24.8 Å². The van der Waals surface area contributed by atoms with Crippen LogP contribution in [0.2, 0.25) is 0 Å². The monoisotopic (exact) mass is 358 g/mol. The van der Waals surface area contributed by atoms with Crippen LogP contribution >= 0.6 is 23.1 Å². The third-order valence-corrected chi connectivity index (χ3v) is 6.81. The predicted molar refractivity (Wildman–Crippen MR) is 98.6 cm³/mol.